The Bertz CT molecular complexity index is 800. The standard InChI is InChI=1S/C18H19NO4/c1-22-12-4-3-9-7-11-14-10(5-6-19-11)8-13(23-2)18(21)16(14)15(9)17(12)20/h3-4,8,11,19-21H,5-7H2,1-2H3. The van der Waals surface area contributed by atoms with Crippen LogP contribution >= 0.6 is 0 Å². The maximum Gasteiger partial charge on any atom is 0.166 e. The second-order valence-corrected chi connectivity index (χ2v) is 5.99. The largest absolute Gasteiger partial charge is 0.504 e. The smallest absolute Gasteiger partial charge is 0.166 e. The molecule has 0 bridgehead atoms. The summed E-state index contributed by atoms with van der Waals surface area (Å²) in [6.45, 7) is 0.891. The molecule has 1 aliphatic heterocycles. The third-order valence-electron chi connectivity index (χ3n) is 4.87. The predicted octanol–water partition coefficient (Wildman–Crippen LogP) is 2.52. The predicted molar refractivity (Wildman–Crippen MR) is 86.5 cm³/mol. The van der Waals surface area contributed by atoms with Crippen LogP contribution in [0.1, 0.15) is 22.7 Å². The summed E-state index contributed by atoms with van der Waals surface area (Å²) in [5.74, 6) is 0.987. The van der Waals surface area contributed by atoms with E-state index in [0.29, 0.717) is 22.6 Å². The van der Waals surface area contributed by atoms with E-state index in [1.54, 1.807) is 13.2 Å². The molecule has 0 fully saturated rings. The van der Waals surface area contributed by atoms with E-state index in [9.17, 15) is 10.2 Å². The molecule has 0 saturated carbocycles. The van der Waals surface area contributed by atoms with Crippen LogP contribution in [0.5, 0.6) is 23.0 Å². The SMILES string of the molecule is COc1ccc2c(c1O)-c1c(O)c(OC)cc3c1C(C2)NCC3. The second-order valence-electron chi connectivity index (χ2n) is 5.99. The highest BCUT2D eigenvalue weighted by molar-refractivity contribution is 5.88. The van der Waals surface area contributed by atoms with Crippen LogP contribution in [0.25, 0.3) is 11.1 Å². The van der Waals surface area contributed by atoms with Crippen LogP contribution in [0, 0.1) is 0 Å². The Balaban J connectivity index is 2.09. The lowest BCUT2D eigenvalue weighted by Crippen LogP contribution is -2.33. The lowest BCUT2D eigenvalue weighted by molar-refractivity contribution is 0.366. The summed E-state index contributed by atoms with van der Waals surface area (Å²) in [6, 6.07) is 5.77. The van der Waals surface area contributed by atoms with Gasteiger partial charge in [0.2, 0.25) is 0 Å². The van der Waals surface area contributed by atoms with E-state index in [-0.39, 0.29) is 17.5 Å². The van der Waals surface area contributed by atoms with Gasteiger partial charge in [0.15, 0.2) is 23.0 Å². The van der Waals surface area contributed by atoms with E-state index in [4.69, 9.17) is 9.47 Å². The maximum absolute atomic E-state index is 10.7. The fraction of sp³-hybridized carbons (Fsp3) is 0.333. The molecule has 2 aliphatic rings. The molecule has 4 rings (SSSR count). The molecule has 120 valence electrons. The van der Waals surface area contributed by atoms with Gasteiger partial charge >= 0.3 is 0 Å². The van der Waals surface area contributed by atoms with Crippen molar-refractivity contribution in [3.8, 4) is 34.1 Å². The number of fused-ring (bicyclic) bond motifs is 2. The molecule has 0 amide bonds. The molecule has 2 aromatic rings. The van der Waals surface area contributed by atoms with Gasteiger partial charge in [0.05, 0.1) is 14.2 Å². The summed E-state index contributed by atoms with van der Waals surface area (Å²) >= 11 is 0. The Labute approximate surface area is 134 Å². The fourth-order valence-corrected chi connectivity index (χ4v) is 3.83. The number of aromatic hydroxyl groups is 2. The average molecular weight is 313 g/mol. The molecule has 0 aromatic heterocycles. The van der Waals surface area contributed by atoms with E-state index >= 15 is 0 Å². The molecule has 1 heterocycles. The molecule has 1 unspecified atom stereocenters. The number of nitrogens with one attached hydrogen (secondary N) is 1. The van der Waals surface area contributed by atoms with Gasteiger partial charge in [-0.2, -0.15) is 0 Å². The number of phenolic OH excluding ortho intramolecular Hbond substituents is 2. The minimum Gasteiger partial charge on any atom is -0.504 e. The number of ether oxygens (including phenoxy) is 2. The molecule has 23 heavy (non-hydrogen) atoms. The summed E-state index contributed by atoms with van der Waals surface area (Å²) in [4.78, 5) is 0. The van der Waals surface area contributed by atoms with Crippen molar-refractivity contribution in [2.45, 2.75) is 18.9 Å². The fourth-order valence-electron chi connectivity index (χ4n) is 3.83. The second kappa shape index (κ2) is 5.06. The van der Waals surface area contributed by atoms with Crippen LogP contribution in [0.3, 0.4) is 0 Å². The van der Waals surface area contributed by atoms with Crippen molar-refractivity contribution in [1.82, 2.24) is 5.32 Å². The Morgan fingerprint density at radius 1 is 1.00 bits per heavy atom. The lowest BCUT2D eigenvalue weighted by Gasteiger charge is -2.35. The van der Waals surface area contributed by atoms with Gasteiger partial charge in [0, 0.05) is 17.2 Å². The molecule has 1 atom stereocenters. The minimum atomic E-state index is 0.0692. The molecule has 2 aromatic carbocycles. The third-order valence-corrected chi connectivity index (χ3v) is 4.87. The van der Waals surface area contributed by atoms with Crippen molar-refractivity contribution in [1.29, 1.82) is 0 Å². The summed E-state index contributed by atoms with van der Waals surface area (Å²) in [6.07, 6.45) is 1.65. The van der Waals surface area contributed by atoms with Gasteiger partial charge in [-0.1, -0.05) is 6.07 Å². The van der Waals surface area contributed by atoms with Gasteiger partial charge in [-0.25, -0.2) is 0 Å². The third kappa shape index (κ3) is 1.90. The van der Waals surface area contributed by atoms with Crippen LogP contribution in [-0.2, 0) is 12.8 Å². The maximum atomic E-state index is 10.7. The molecule has 5 nitrogen and oxygen atoms in total. The summed E-state index contributed by atoms with van der Waals surface area (Å²) < 4.78 is 10.6. The first-order valence-corrected chi connectivity index (χ1v) is 7.71. The molecular formula is C18H19NO4. The van der Waals surface area contributed by atoms with Gasteiger partial charge in [0.25, 0.3) is 0 Å². The number of rotatable bonds is 2. The van der Waals surface area contributed by atoms with Gasteiger partial charge in [0.1, 0.15) is 0 Å². The van der Waals surface area contributed by atoms with Crippen LogP contribution in [0.4, 0.5) is 0 Å². The first-order chi connectivity index (χ1) is 11.2. The minimum absolute atomic E-state index is 0.0692. The van der Waals surface area contributed by atoms with E-state index < -0.39 is 0 Å². The Morgan fingerprint density at radius 3 is 2.48 bits per heavy atom. The first-order valence-electron chi connectivity index (χ1n) is 7.71. The zero-order valence-corrected chi connectivity index (χ0v) is 13.1. The highest BCUT2D eigenvalue weighted by atomic mass is 16.5. The van der Waals surface area contributed by atoms with Crippen molar-refractivity contribution in [2.75, 3.05) is 20.8 Å². The number of hydrogen-bond donors (Lipinski definition) is 3. The number of hydrogen-bond acceptors (Lipinski definition) is 5. The monoisotopic (exact) mass is 313 g/mol. The van der Waals surface area contributed by atoms with Crippen LogP contribution in [0.2, 0.25) is 0 Å². The van der Waals surface area contributed by atoms with Crippen LogP contribution in [0.15, 0.2) is 18.2 Å². The highest BCUT2D eigenvalue weighted by Crippen LogP contribution is 2.54. The van der Waals surface area contributed by atoms with Gasteiger partial charge in [-0.3, -0.25) is 0 Å². The molecule has 0 spiro atoms. The molecule has 3 N–H and O–H groups in total. The number of methoxy groups -OCH3 is 2. The van der Waals surface area contributed by atoms with E-state index in [2.05, 4.69) is 5.32 Å². The Morgan fingerprint density at radius 2 is 1.74 bits per heavy atom. The van der Waals surface area contributed by atoms with Crippen molar-refractivity contribution in [2.24, 2.45) is 0 Å². The van der Waals surface area contributed by atoms with E-state index in [1.807, 2.05) is 12.1 Å². The van der Waals surface area contributed by atoms with Gasteiger partial charge < -0.3 is 25.0 Å². The molecule has 1 aliphatic carbocycles. The Hall–Kier alpha value is -2.40. The van der Waals surface area contributed by atoms with Crippen molar-refractivity contribution in [3.63, 3.8) is 0 Å². The first kappa shape index (κ1) is 14.2. The summed E-state index contributed by atoms with van der Waals surface area (Å²) in [7, 11) is 3.07. The zero-order valence-electron chi connectivity index (χ0n) is 13.1. The number of phenols is 2. The molecular weight excluding hydrogens is 294 g/mol. The topological polar surface area (TPSA) is 71.0 Å². The highest BCUT2D eigenvalue weighted by Gasteiger charge is 2.35. The normalized spacial score (nSPS) is 18.1. The lowest BCUT2D eigenvalue weighted by atomic mass is 9.77. The van der Waals surface area contributed by atoms with Crippen molar-refractivity contribution < 1.29 is 19.7 Å². The van der Waals surface area contributed by atoms with E-state index in [1.165, 1.54) is 7.11 Å². The summed E-state index contributed by atoms with van der Waals surface area (Å²) in [5, 5.41) is 24.9. The zero-order chi connectivity index (χ0) is 16.1. The van der Waals surface area contributed by atoms with E-state index in [0.717, 1.165) is 36.1 Å². The van der Waals surface area contributed by atoms with Crippen molar-refractivity contribution >= 4 is 0 Å². The van der Waals surface area contributed by atoms with Crippen LogP contribution in [-0.4, -0.2) is 31.0 Å². The Kier molecular flexibility index (Phi) is 3.13. The number of benzene rings is 2. The average Bonchev–Trinajstić information content (AvgIpc) is 2.57. The molecule has 5 heteroatoms. The van der Waals surface area contributed by atoms with Gasteiger partial charge in [-0.15, -0.1) is 0 Å². The molecule has 0 saturated heterocycles. The quantitative estimate of drug-likeness (QED) is 0.795. The summed E-state index contributed by atoms with van der Waals surface area (Å²) in [5.41, 5.74) is 4.52. The van der Waals surface area contributed by atoms with Crippen LogP contribution < -0.4 is 14.8 Å². The molecule has 0 radical (unpaired) electrons. The van der Waals surface area contributed by atoms with Crippen molar-refractivity contribution in [3.05, 3.63) is 34.9 Å². The van der Waals surface area contributed by atoms with Gasteiger partial charge in [-0.05, 0) is 48.2 Å².